The zero-order valence-electron chi connectivity index (χ0n) is 12.4. The van der Waals surface area contributed by atoms with Crippen molar-refractivity contribution in [2.45, 2.75) is 18.6 Å². The average molecular weight is 349 g/mol. The van der Waals surface area contributed by atoms with Gasteiger partial charge in [-0.3, -0.25) is 9.59 Å². The first kappa shape index (κ1) is 16.4. The predicted octanol–water partition coefficient (Wildman–Crippen LogP) is 2.19. The number of halogens is 2. The number of anilines is 1. The molecule has 0 fully saturated rings. The monoisotopic (exact) mass is 348 g/mol. The molecule has 0 radical (unpaired) electrons. The van der Waals surface area contributed by atoms with Crippen LogP contribution in [0.2, 0.25) is 5.02 Å². The Balaban J connectivity index is 1.71. The van der Waals surface area contributed by atoms with Gasteiger partial charge in [-0.25, -0.2) is 4.39 Å². The van der Waals surface area contributed by atoms with Crippen LogP contribution in [-0.2, 0) is 16.0 Å². The summed E-state index contributed by atoms with van der Waals surface area (Å²) in [4.78, 5) is 24.0. The van der Waals surface area contributed by atoms with Crippen LogP contribution in [-0.4, -0.2) is 23.0 Å². The van der Waals surface area contributed by atoms with Crippen molar-refractivity contribution >= 4 is 29.1 Å². The van der Waals surface area contributed by atoms with E-state index in [1.165, 1.54) is 18.2 Å². The first-order valence-electron chi connectivity index (χ1n) is 7.29. The molecule has 2 aromatic rings. The van der Waals surface area contributed by atoms with Crippen molar-refractivity contribution in [2.75, 3.05) is 5.32 Å². The molecule has 0 aromatic heterocycles. The lowest BCUT2D eigenvalue weighted by atomic mass is 10.1. The minimum Gasteiger partial charge on any atom is -0.390 e. The summed E-state index contributed by atoms with van der Waals surface area (Å²) in [7, 11) is 0. The summed E-state index contributed by atoms with van der Waals surface area (Å²) in [5, 5.41) is 14.6. The molecule has 1 aliphatic carbocycles. The zero-order valence-corrected chi connectivity index (χ0v) is 13.2. The van der Waals surface area contributed by atoms with Gasteiger partial charge < -0.3 is 15.7 Å². The first-order chi connectivity index (χ1) is 11.5. The normalized spacial score (nSPS) is 18.8. The molecule has 0 spiro atoms. The molecule has 0 saturated carbocycles. The standard InChI is InChI=1S/C17H14ClFN2O3/c18-11-6-3-7-12(14(11)19)20-16(23)17(24)21-15-10-5-2-1-4-9(10)8-13(15)22/h1-7,13,15,22H,8H2,(H,20,23)(H,21,24). The summed E-state index contributed by atoms with van der Waals surface area (Å²) < 4.78 is 13.8. The van der Waals surface area contributed by atoms with E-state index in [4.69, 9.17) is 11.6 Å². The number of rotatable bonds is 2. The van der Waals surface area contributed by atoms with Crippen LogP contribution in [0.25, 0.3) is 0 Å². The number of hydrogen-bond acceptors (Lipinski definition) is 3. The molecule has 2 unspecified atom stereocenters. The van der Waals surface area contributed by atoms with Crippen molar-refractivity contribution in [1.29, 1.82) is 0 Å². The van der Waals surface area contributed by atoms with Crippen molar-refractivity contribution in [3.63, 3.8) is 0 Å². The Kier molecular flexibility index (Phi) is 4.51. The van der Waals surface area contributed by atoms with Crippen LogP contribution < -0.4 is 10.6 Å². The number of carbonyl (C=O) groups is 2. The highest BCUT2D eigenvalue weighted by molar-refractivity contribution is 6.40. The lowest BCUT2D eigenvalue weighted by molar-refractivity contribution is -0.137. The van der Waals surface area contributed by atoms with Gasteiger partial charge >= 0.3 is 11.8 Å². The highest BCUT2D eigenvalue weighted by Crippen LogP contribution is 2.31. The molecule has 2 aromatic carbocycles. The number of aliphatic hydroxyl groups is 1. The number of hydrogen-bond donors (Lipinski definition) is 3. The minimum absolute atomic E-state index is 0.159. The molecule has 2 amide bonds. The Bertz CT molecular complexity index is 812. The fourth-order valence-electron chi connectivity index (χ4n) is 2.73. The topological polar surface area (TPSA) is 78.4 Å². The smallest absolute Gasteiger partial charge is 0.313 e. The van der Waals surface area contributed by atoms with E-state index in [0.717, 1.165) is 11.1 Å². The summed E-state index contributed by atoms with van der Waals surface area (Å²) >= 11 is 5.63. The van der Waals surface area contributed by atoms with Crippen LogP contribution in [0.1, 0.15) is 17.2 Å². The Morgan fingerprint density at radius 1 is 1.12 bits per heavy atom. The maximum atomic E-state index is 13.8. The van der Waals surface area contributed by atoms with E-state index >= 15 is 0 Å². The predicted molar refractivity (Wildman–Crippen MR) is 87.1 cm³/mol. The molecule has 3 N–H and O–H groups in total. The average Bonchev–Trinajstić information content (AvgIpc) is 2.87. The molecule has 3 rings (SSSR count). The second-order valence-corrected chi connectivity index (χ2v) is 5.88. The van der Waals surface area contributed by atoms with Gasteiger partial charge in [0.05, 0.1) is 22.9 Å². The molecule has 124 valence electrons. The Hall–Kier alpha value is -2.44. The van der Waals surface area contributed by atoms with Crippen LogP contribution >= 0.6 is 11.6 Å². The quantitative estimate of drug-likeness (QED) is 0.728. The van der Waals surface area contributed by atoms with E-state index in [1.54, 1.807) is 12.1 Å². The van der Waals surface area contributed by atoms with Gasteiger partial charge in [0.25, 0.3) is 0 Å². The van der Waals surface area contributed by atoms with Gasteiger partial charge in [0.2, 0.25) is 0 Å². The third-order valence-corrected chi connectivity index (χ3v) is 4.19. The number of fused-ring (bicyclic) bond motifs is 1. The summed E-state index contributed by atoms with van der Waals surface area (Å²) in [6.07, 6.45) is -0.423. The van der Waals surface area contributed by atoms with Crippen molar-refractivity contribution in [2.24, 2.45) is 0 Å². The highest BCUT2D eigenvalue weighted by atomic mass is 35.5. The van der Waals surface area contributed by atoms with Crippen LogP contribution in [0, 0.1) is 5.82 Å². The molecule has 0 bridgehead atoms. The maximum Gasteiger partial charge on any atom is 0.313 e. The molecule has 0 aliphatic heterocycles. The van der Waals surface area contributed by atoms with Gasteiger partial charge in [0.15, 0.2) is 5.82 Å². The molecular weight excluding hydrogens is 335 g/mol. The number of carbonyl (C=O) groups excluding carboxylic acids is 2. The van der Waals surface area contributed by atoms with E-state index in [-0.39, 0.29) is 10.7 Å². The van der Waals surface area contributed by atoms with E-state index in [2.05, 4.69) is 10.6 Å². The Morgan fingerprint density at radius 3 is 2.67 bits per heavy atom. The van der Waals surface area contributed by atoms with E-state index in [1.807, 2.05) is 12.1 Å². The number of benzene rings is 2. The molecule has 7 heteroatoms. The van der Waals surface area contributed by atoms with Gasteiger partial charge in [0.1, 0.15) is 0 Å². The number of nitrogens with one attached hydrogen (secondary N) is 2. The highest BCUT2D eigenvalue weighted by Gasteiger charge is 2.33. The van der Waals surface area contributed by atoms with E-state index in [9.17, 15) is 19.1 Å². The molecule has 1 aliphatic rings. The minimum atomic E-state index is -1.03. The zero-order chi connectivity index (χ0) is 17.3. The van der Waals surface area contributed by atoms with Crippen molar-refractivity contribution < 1.29 is 19.1 Å². The summed E-state index contributed by atoms with van der Waals surface area (Å²) in [5.41, 5.74) is 1.49. The summed E-state index contributed by atoms with van der Waals surface area (Å²) in [6.45, 7) is 0. The first-order valence-corrected chi connectivity index (χ1v) is 7.67. The molecule has 5 nitrogen and oxygen atoms in total. The lowest BCUT2D eigenvalue weighted by Crippen LogP contribution is -2.40. The molecular formula is C17H14ClFN2O3. The third kappa shape index (κ3) is 3.11. The van der Waals surface area contributed by atoms with Gasteiger partial charge in [0, 0.05) is 6.42 Å². The van der Waals surface area contributed by atoms with Crippen LogP contribution in [0.3, 0.4) is 0 Å². The van der Waals surface area contributed by atoms with Gasteiger partial charge in [-0.15, -0.1) is 0 Å². The van der Waals surface area contributed by atoms with Crippen LogP contribution in [0.4, 0.5) is 10.1 Å². The molecule has 0 heterocycles. The maximum absolute atomic E-state index is 13.8. The van der Waals surface area contributed by atoms with Crippen molar-refractivity contribution in [3.05, 3.63) is 64.4 Å². The molecule has 0 saturated heterocycles. The van der Waals surface area contributed by atoms with Crippen molar-refractivity contribution in [1.82, 2.24) is 5.32 Å². The van der Waals surface area contributed by atoms with Gasteiger partial charge in [-0.1, -0.05) is 41.9 Å². The van der Waals surface area contributed by atoms with Crippen LogP contribution in [0.5, 0.6) is 0 Å². The SMILES string of the molecule is O=C(Nc1cccc(Cl)c1F)C(=O)NC1c2ccccc2CC1O. The second kappa shape index (κ2) is 6.59. The second-order valence-electron chi connectivity index (χ2n) is 5.48. The largest absolute Gasteiger partial charge is 0.390 e. The van der Waals surface area contributed by atoms with Gasteiger partial charge in [-0.2, -0.15) is 0 Å². The fourth-order valence-corrected chi connectivity index (χ4v) is 2.91. The van der Waals surface area contributed by atoms with Crippen LogP contribution in [0.15, 0.2) is 42.5 Å². The number of amides is 2. The molecule has 24 heavy (non-hydrogen) atoms. The van der Waals surface area contributed by atoms with Crippen molar-refractivity contribution in [3.8, 4) is 0 Å². The number of aliphatic hydroxyl groups excluding tert-OH is 1. The fraction of sp³-hybridized carbons (Fsp3) is 0.176. The Morgan fingerprint density at radius 2 is 1.88 bits per heavy atom. The van der Waals surface area contributed by atoms with E-state index in [0.29, 0.717) is 6.42 Å². The third-order valence-electron chi connectivity index (χ3n) is 3.90. The van der Waals surface area contributed by atoms with Gasteiger partial charge in [-0.05, 0) is 23.3 Å². The molecule has 2 atom stereocenters. The summed E-state index contributed by atoms with van der Waals surface area (Å²) in [6, 6.07) is 10.7. The lowest BCUT2D eigenvalue weighted by Gasteiger charge is -2.17. The van der Waals surface area contributed by atoms with E-state index < -0.39 is 29.8 Å². The summed E-state index contributed by atoms with van der Waals surface area (Å²) in [5.74, 6) is -2.81. The Labute approximate surface area is 142 Å².